The van der Waals surface area contributed by atoms with Gasteiger partial charge in [0.15, 0.2) is 0 Å². The third-order valence-corrected chi connectivity index (χ3v) is 4.42. The Morgan fingerprint density at radius 2 is 2.20 bits per heavy atom. The Hall–Kier alpha value is -0.970. The van der Waals surface area contributed by atoms with E-state index in [0.29, 0.717) is 12.6 Å². The van der Waals surface area contributed by atoms with Gasteiger partial charge in [0.2, 0.25) is 0 Å². The molecule has 2 unspecified atom stereocenters. The molecular weight excluding hydrogens is 257 g/mol. The number of ether oxygens (including phenoxy) is 2. The van der Waals surface area contributed by atoms with Crippen LogP contribution in [0.4, 0.5) is 4.39 Å². The lowest BCUT2D eigenvalue weighted by molar-refractivity contribution is -0.0902. The first kappa shape index (κ1) is 14.0. The van der Waals surface area contributed by atoms with Crippen LogP contribution in [0.1, 0.15) is 37.8 Å². The van der Waals surface area contributed by atoms with E-state index >= 15 is 0 Å². The van der Waals surface area contributed by atoms with Gasteiger partial charge < -0.3 is 14.8 Å². The van der Waals surface area contributed by atoms with Gasteiger partial charge in [0.25, 0.3) is 0 Å². The second-order valence-corrected chi connectivity index (χ2v) is 5.93. The lowest BCUT2D eigenvalue weighted by atomic mass is 9.89. The van der Waals surface area contributed by atoms with E-state index in [4.69, 9.17) is 9.47 Å². The van der Waals surface area contributed by atoms with E-state index in [2.05, 4.69) is 5.32 Å². The minimum absolute atomic E-state index is 0.0127. The minimum atomic E-state index is -0.140. The second-order valence-electron chi connectivity index (χ2n) is 5.93. The lowest BCUT2D eigenvalue weighted by Gasteiger charge is -2.38. The molecule has 2 fully saturated rings. The van der Waals surface area contributed by atoms with E-state index in [1.165, 1.54) is 6.07 Å². The normalized spacial score (nSPS) is 31.6. The van der Waals surface area contributed by atoms with Crippen molar-refractivity contribution in [1.82, 2.24) is 5.32 Å². The molecule has 0 amide bonds. The Morgan fingerprint density at radius 3 is 2.95 bits per heavy atom. The van der Waals surface area contributed by atoms with Gasteiger partial charge in [0, 0.05) is 37.3 Å². The quantitative estimate of drug-likeness (QED) is 0.923. The molecule has 0 radical (unpaired) electrons. The summed E-state index contributed by atoms with van der Waals surface area (Å²) in [7, 11) is 0. The first-order chi connectivity index (χ1) is 9.69. The van der Waals surface area contributed by atoms with E-state index in [1.807, 2.05) is 19.1 Å². The standard InChI is InChI=1S/C16H22FNO2/c1-12(14-4-2-3-5-15(14)17)18-13-6-8-20-16(10-13)7-9-19-11-16/h2-5,12-13,18H,6-11H2,1H3/t12-,13?,16?/m1/s1. The molecule has 3 nitrogen and oxygen atoms in total. The smallest absolute Gasteiger partial charge is 0.127 e. The van der Waals surface area contributed by atoms with Crippen molar-refractivity contribution in [2.45, 2.75) is 43.9 Å². The van der Waals surface area contributed by atoms with Crippen molar-refractivity contribution >= 4 is 0 Å². The topological polar surface area (TPSA) is 30.5 Å². The molecule has 2 aliphatic heterocycles. The largest absolute Gasteiger partial charge is 0.378 e. The first-order valence-corrected chi connectivity index (χ1v) is 7.41. The molecule has 0 bridgehead atoms. The van der Waals surface area contributed by atoms with Crippen LogP contribution in [0.3, 0.4) is 0 Å². The fourth-order valence-electron chi connectivity index (χ4n) is 3.30. The van der Waals surface area contributed by atoms with Gasteiger partial charge in [0.05, 0.1) is 12.2 Å². The van der Waals surface area contributed by atoms with Crippen LogP contribution >= 0.6 is 0 Å². The molecule has 2 heterocycles. The number of rotatable bonds is 3. The summed E-state index contributed by atoms with van der Waals surface area (Å²) < 4.78 is 25.2. The summed E-state index contributed by atoms with van der Waals surface area (Å²) in [5.74, 6) is -0.140. The second kappa shape index (κ2) is 5.80. The predicted octanol–water partition coefficient (Wildman–Crippen LogP) is 2.81. The van der Waals surface area contributed by atoms with E-state index < -0.39 is 0 Å². The maximum atomic E-state index is 13.8. The summed E-state index contributed by atoms with van der Waals surface area (Å²) >= 11 is 0. The van der Waals surface area contributed by atoms with Crippen molar-refractivity contribution in [3.8, 4) is 0 Å². The molecule has 2 aliphatic rings. The Morgan fingerprint density at radius 1 is 1.35 bits per heavy atom. The highest BCUT2D eigenvalue weighted by molar-refractivity contribution is 5.20. The molecule has 0 aliphatic carbocycles. The Balaban J connectivity index is 1.64. The van der Waals surface area contributed by atoms with Crippen LogP contribution in [0.15, 0.2) is 24.3 Å². The number of benzene rings is 1. The third kappa shape index (κ3) is 2.87. The van der Waals surface area contributed by atoms with Crippen molar-refractivity contribution in [2.24, 2.45) is 0 Å². The van der Waals surface area contributed by atoms with Crippen molar-refractivity contribution in [3.63, 3.8) is 0 Å². The Labute approximate surface area is 119 Å². The van der Waals surface area contributed by atoms with E-state index in [1.54, 1.807) is 6.07 Å². The molecule has 4 heteroatoms. The molecule has 2 saturated heterocycles. The van der Waals surface area contributed by atoms with Gasteiger partial charge in [-0.05, 0) is 25.8 Å². The van der Waals surface area contributed by atoms with Crippen LogP contribution in [0.2, 0.25) is 0 Å². The third-order valence-electron chi connectivity index (χ3n) is 4.42. The monoisotopic (exact) mass is 279 g/mol. The highest BCUT2D eigenvalue weighted by Gasteiger charge is 2.41. The van der Waals surface area contributed by atoms with Gasteiger partial charge >= 0.3 is 0 Å². The van der Waals surface area contributed by atoms with Crippen LogP contribution in [0.25, 0.3) is 0 Å². The predicted molar refractivity (Wildman–Crippen MR) is 75.1 cm³/mol. The van der Waals surface area contributed by atoms with Crippen LogP contribution in [0.5, 0.6) is 0 Å². The first-order valence-electron chi connectivity index (χ1n) is 7.41. The van der Waals surface area contributed by atoms with Gasteiger partial charge in [-0.15, -0.1) is 0 Å². The molecule has 1 N–H and O–H groups in total. The average Bonchev–Trinajstić information content (AvgIpc) is 2.87. The molecule has 110 valence electrons. The van der Waals surface area contributed by atoms with Crippen LogP contribution in [-0.2, 0) is 9.47 Å². The van der Waals surface area contributed by atoms with Gasteiger partial charge in [-0.3, -0.25) is 0 Å². The molecule has 0 saturated carbocycles. The molecule has 1 spiro atoms. The zero-order chi connectivity index (χ0) is 14.0. The summed E-state index contributed by atoms with van der Waals surface area (Å²) in [5, 5.41) is 3.55. The molecule has 1 aromatic rings. The maximum absolute atomic E-state index is 13.8. The zero-order valence-corrected chi connectivity index (χ0v) is 11.9. The number of hydrogen-bond acceptors (Lipinski definition) is 3. The molecular formula is C16H22FNO2. The van der Waals surface area contributed by atoms with E-state index in [0.717, 1.165) is 38.0 Å². The Kier molecular flexibility index (Phi) is 4.06. The van der Waals surface area contributed by atoms with Gasteiger partial charge in [-0.2, -0.15) is 0 Å². The van der Waals surface area contributed by atoms with Crippen LogP contribution in [-0.4, -0.2) is 31.5 Å². The van der Waals surface area contributed by atoms with Crippen molar-refractivity contribution in [2.75, 3.05) is 19.8 Å². The van der Waals surface area contributed by atoms with Crippen molar-refractivity contribution in [1.29, 1.82) is 0 Å². The van der Waals surface area contributed by atoms with Crippen molar-refractivity contribution in [3.05, 3.63) is 35.6 Å². The number of nitrogens with one attached hydrogen (secondary N) is 1. The molecule has 20 heavy (non-hydrogen) atoms. The minimum Gasteiger partial charge on any atom is -0.378 e. The molecule has 3 atom stereocenters. The summed E-state index contributed by atoms with van der Waals surface area (Å²) in [4.78, 5) is 0. The fourth-order valence-corrected chi connectivity index (χ4v) is 3.30. The van der Waals surface area contributed by atoms with E-state index in [9.17, 15) is 4.39 Å². The van der Waals surface area contributed by atoms with Gasteiger partial charge in [0.1, 0.15) is 5.82 Å². The highest BCUT2D eigenvalue weighted by Crippen LogP contribution is 2.33. The number of halogens is 1. The number of hydrogen-bond donors (Lipinski definition) is 1. The lowest BCUT2D eigenvalue weighted by Crippen LogP contribution is -2.48. The summed E-state index contributed by atoms with van der Waals surface area (Å²) in [5.41, 5.74) is 0.626. The summed E-state index contributed by atoms with van der Waals surface area (Å²) in [6, 6.07) is 7.35. The Bertz CT molecular complexity index is 460. The van der Waals surface area contributed by atoms with Gasteiger partial charge in [-0.25, -0.2) is 4.39 Å². The van der Waals surface area contributed by atoms with Crippen LogP contribution < -0.4 is 5.32 Å². The highest BCUT2D eigenvalue weighted by atomic mass is 19.1. The molecule has 0 aromatic heterocycles. The molecule has 1 aromatic carbocycles. The van der Waals surface area contributed by atoms with Crippen molar-refractivity contribution < 1.29 is 13.9 Å². The maximum Gasteiger partial charge on any atom is 0.127 e. The fraction of sp³-hybridized carbons (Fsp3) is 0.625. The summed E-state index contributed by atoms with van der Waals surface area (Å²) in [6.45, 7) is 4.26. The summed E-state index contributed by atoms with van der Waals surface area (Å²) in [6.07, 6.45) is 2.89. The van der Waals surface area contributed by atoms with Gasteiger partial charge in [-0.1, -0.05) is 18.2 Å². The zero-order valence-electron chi connectivity index (χ0n) is 11.9. The van der Waals surface area contributed by atoms with E-state index in [-0.39, 0.29) is 17.5 Å². The van der Waals surface area contributed by atoms with Crippen LogP contribution in [0, 0.1) is 5.82 Å². The average molecular weight is 279 g/mol. The SMILES string of the molecule is C[C@@H](NC1CCOC2(CCOC2)C1)c1ccccc1F. The molecule has 3 rings (SSSR count).